The number of hydrazone groups is 1. The molecular weight excluding hydrogens is 412 g/mol. The summed E-state index contributed by atoms with van der Waals surface area (Å²) in [5, 5.41) is 3.95. The molecule has 0 aliphatic rings. The smallest absolute Gasteiger partial charge is 0.278 e. The molecule has 0 unspecified atom stereocenters. The number of pyridine rings is 2. The Kier molecular flexibility index (Phi) is 5.00. The number of rotatable bonds is 5. The van der Waals surface area contributed by atoms with Gasteiger partial charge in [-0.25, -0.2) is 13.8 Å². The summed E-state index contributed by atoms with van der Waals surface area (Å²) in [5.74, 6) is -2.38. The monoisotopic (exact) mass is 427 g/mol. The predicted molar refractivity (Wildman–Crippen MR) is 107 cm³/mol. The summed E-state index contributed by atoms with van der Waals surface area (Å²) in [7, 11) is -2.94. The molecule has 3 aromatic heterocycles. The third kappa shape index (κ3) is 3.64. The lowest BCUT2D eigenvalue weighted by molar-refractivity contribution is 0.484. The van der Waals surface area contributed by atoms with Crippen molar-refractivity contribution in [3.05, 3.63) is 84.6 Å². The van der Waals surface area contributed by atoms with E-state index in [2.05, 4.69) is 15.1 Å². The van der Waals surface area contributed by atoms with E-state index in [1.807, 2.05) is 30.5 Å². The van der Waals surface area contributed by atoms with Crippen LogP contribution < -0.4 is 0 Å². The highest BCUT2D eigenvalue weighted by molar-refractivity contribution is 7.89. The molecule has 152 valence electrons. The molecule has 0 saturated carbocycles. The number of hydrogen-bond donors (Lipinski definition) is 0. The van der Waals surface area contributed by atoms with E-state index in [9.17, 15) is 17.2 Å². The fourth-order valence-corrected chi connectivity index (χ4v) is 3.76. The summed E-state index contributed by atoms with van der Waals surface area (Å²) in [5.41, 5.74) is 2.98. The molecule has 0 aliphatic heterocycles. The van der Waals surface area contributed by atoms with Crippen molar-refractivity contribution in [3.63, 3.8) is 0 Å². The number of halogens is 2. The van der Waals surface area contributed by atoms with Crippen molar-refractivity contribution in [3.8, 4) is 11.1 Å². The van der Waals surface area contributed by atoms with Crippen molar-refractivity contribution in [1.29, 1.82) is 0 Å². The molecule has 0 radical (unpaired) electrons. The molecule has 4 aromatic rings. The van der Waals surface area contributed by atoms with Crippen LogP contribution in [0.25, 0.3) is 16.8 Å². The second kappa shape index (κ2) is 7.64. The van der Waals surface area contributed by atoms with E-state index in [0.717, 1.165) is 23.3 Å². The molecule has 0 atom stereocenters. The van der Waals surface area contributed by atoms with E-state index in [-0.39, 0.29) is 0 Å². The van der Waals surface area contributed by atoms with Crippen LogP contribution in [0.15, 0.2) is 77.2 Å². The number of nitrogens with zero attached hydrogens (tertiary/aromatic N) is 5. The summed E-state index contributed by atoms with van der Waals surface area (Å²) in [6, 6.07) is 9.82. The van der Waals surface area contributed by atoms with E-state index in [0.29, 0.717) is 21.8 Å². The van der Waals surface area contributed by atoms with Crippen LogP contribution in [0.5, 0.6) is 0 Å². The first-order valence-corrected chi connectivity index (χ1v) is 10.2. The molecular formula is C20H15F2N5O2S. The highest BCUT2D eigenvalue weighted by atomic mass is 32.2. The molecule has 30 heavy (non-hydrogen) atoms. The van der Waals surface area contributed by atoms with Gasteiger partial charge in [-0.05, 0) is 36.4 Å². The maximum absolute atomic E-state index is 13.4. The maximum atomic E-state index is 13.4. The van der Waals surface area contributed by atoms with E-state index >= 15 is 0 Å². The molecule has 0 bridgehead atoms. The number of aromatic nitrogens is 3. The molecule has 3 heterocycles. The quantitative estimate of drug-likeness (QED) is 0.362. The SMILES string of the molecule is CN(N=Cc1cnc2ccc(-c3cccnc3)cn12)S(=O)(=O)c1ccc(F)c(F)c1. The van der Waals surface area contributed by atoms with Crippen molar-refractivity contribution >= 4 is 21.9 Å². The van der Waals surface area contributed by atoms with Crippen LogP contribution in [0, 0.1) is 11.6 Å². The number of fused-ring (bicyclic) bond motifs is 1. The van der Waals surface area contributed by atoms with Crippen LogP contribution in [0.4, 0.5) is 8.78 Å². The summed E-state index contributed by atoms with van der Waals surface area (Å²) >= 11 is 0. The Morgan fingerprint density at radius 2 is 1.90 bits per heavy atom. The minimum atomic E-state index is -4.15. The van der Waals surface area contributed by atoms with E-state index < -0.39 is 26.6 Å². The molecule has 0 fully saturated rings. The topological polar surface area (TPSA) is 79.9 Å². The standard InChI is InChI=1S/C20H15F2N5O2S/c1-26(30(28,29)17-5-6-18(21)19(22)9-17)25-12-16-11-24-20-7-4-15(13-27(16)20)14-3-2-8-23-10-14/h2-13H,1H3. The van der Waals surface area contributed by atoms with Gasteiger partial charge in [0.2, 0.25) is 0 Å². The van der Waals surface area contributed by atoms with Crippen LogP contribution in [0.3, 0.4) is 0 Å². The van der Waals surface area contributed by atoms with Gasteiger partial charge in [-0.15, -0.1) is 0 Å². The fourth-order valence-electron chi connectivity index (χ4n) is 2.79. The normalized spacial score (nSPS) is 12.0. The van der Waals surface area contributed by atoms with E-state index in [4.69, 9.17) is 0 Å². The largest absolute Gasteiger partial charge is 0.298 e. The molecule has 0 spiro atoms. The van der Waals surface area contributed by atoms with Gasteiger partial charge in [-0.2, -0.15) is 17.9 Å². The summed E-state index contributed by atoms with van der Waals surface area (Å²) in [6.45, 7) is 0. The number of hydrogen-bond acceptors (Lipinski definition) is 5. The second-order valence-electron chi connectivity index (χ2n) is 6.33. The number of benzene rings is 1. The Bertz CT molecular complexity index is 1350. The van der Waals surface area contributed by atoms with Crippen LogP contribution >= 0.6 is 0 Å². The van der Waals surface area contributed by atoms with Crippen molar-refractivity contribution in [1.82, 2.24) is 18.8 Å². The molecule has 1 aromatic carbocycles. The average molecular weight is 427 g/mol. The number of imidazole rings is 1. The Morgan fingerprint density at radius 1 is 1.07 bits per heavy atom. The minimum absolute atomic E-state index is 0.405. The van der Waals surface area contributed by atoms with Gasteiger partial charge in [-0.3, -0.25) is 9.38 Å². The van der Waals surface area contributed by atoms with Crippen molar-refractivity contribution in [2.24, 2.45) is 5.10 Å². The molecule has 0 saturated heterocycles. The summed E-state index contributed by atoms with van der Waals surface area (Å²) < 4.78 is 54.1. The van der Waals surface area contributed by atoms with Crippen molar-refractivity contribution in [2.45, 2.75) is 4.90 Å². The Balaban J connectivity index is 1.65. The third-order valence-electron chi connectivity index (χ3n) is 4.42. The molecule has 10 heteroatoms. The zero-order valence-corrected chi connectivity index (χ0v) is 16.5. The molecule has 0 N–H and O–H groups in total. The van der Waals surface area contributed by atoms with Gasteiger partial charge in [0, 0.05) is 36.8 Å². The van der Waals surface area contributed by atoms with Crippen LogP contribution in [0.2, 0.25) is 0 Å². The first-order valence-electron chi connectivity index (χ1n) is 8.72. The lowest BCUT2D eigenvalue weighted by Gasteiger charge is -2.13. The van der Waals surface area contributed by atoms with Crippen LogP contribution in [-0.4, -0.2) is 40.5 Å². The zero-order chi connectivity index (χ0) is 21.3. The Labute approximate surface area is 171 Å². The Morgan fingerprint density at radius 3 is 2.63 bits per heavy atom. The van der Waals surface area contributed by atoms with Gasteiger partial charge >= 0.3 is 0 Å². The van der Waals surface area contributed by atoms with Crippen LogP contribution in [0.1, 0.15) is 5.69 Å². The molecule has 0 amide bonds. The van der Waals surface area contributed by atoms with Gasteiger partial charge in [0.15, 0.2) is 11.6 Å². The summed E-state index contributed by atoms with van der Waals surface area (Å²) in [4.78, 5) is 7.97. The average Bonchev–Trinajstić information content (AvgIpc) is 3.16. The van der Waals surface area contributed by atoms with Crippen LogP contribution in [-0.2, 0) is 10.0 Å². The molecule has 4 rings (SSSR count). The third-order valence-corrected chi connectivity index (χ3v) is 6.06. The van der Waals surface area contributed by atoms with Gasteiger partial charge in [0.05, 0.1) is 23.0 Å². The number of sulfonamides is 1. The zero-order valence-electron chi connectivity index (χ0n) is 15.6. The first kappa shape index (κ1) is 19.6. The van der Waals surface area contributed by atoms with E-state index in [1.54, 1.807) is 23.0 Å². The van der Waals surface area contributed by atoms with E-state index in [1.165, 1.54) is 13.3 Å². The van der Waals surface area contributed by atoms with Crippen molar-refractivity contribution < 1.29 is 17.2 Å². The van der Waals surface area contributed by atoms with Gasteiger partial charge in [0.1, 0.15) is 5.65 Å². The lowest BCUT2D eigenvalue weighted by atomic mass is 10.1. The fraction of sp³-hybridized carbons (Fsp3) is 0.0500. The van der Waals surface area contributed by atoms with Gasteiger partial charge < -0.3 is 0 Å². The highest BCUT2D eigenvalue weighted by Gasteiger charge is 2.21. The molecule has 0 aliphatic carbocycles. The predicted octanol–water partition coefficient (Wildman–Crippen LogP) is 3.33. The first-order chi connectivity index (χ1) is 14.4. The van der Waals surface area contributed by atoms with Crippen molar-refractivity contribution in [2.75, 3.05) is 7.05 Å². The van der Waals surface area contributed by atoms with Gasteiger partial charge in [0.25, 0.3) is 10.0 Å². The lowest BCUT2D eigenvalue weighted by Crippen LogP contribution is -2.22. The second-order valence-corrected chi connectivity index (χ2v) is 8.28. The molecule has 7 nitrogen and oxygen atoms in total. The van der Waals surface area contributed by atoms with Gasteiger partial charge in [-0.1, -0.05) is 6.07 Å². The Hall–Kier alpha value is -3.66. The highest BCUT2D eigenvalue weighted by Crippen LogP contribution is 2.20. The maximum Gasteiger partial charge on any atom is 0.278 e. The summed E-state index contributed by atoms with van der Waals surface area (Å²) in [6.07, 6.45) is 8.12. The minimum Gasteiger partial charge on any atom is -0.298 e.